The molecule has 1 fully saturated rings. The first kappa shape index (κ1) is 16.1. The molecule has 2 rings (SSSR count). The molecule has 6 nitrogen and oxygen atoms in total. The Balaban J connectivity index is 1.92. The van der Waals surface area contributed by atoms with Gasteiger partial charge < -0.3 is 0 Å². The Bertz CT molecular complexity index is 470. The van der Waals surface area contributed by atoms with Gasteiger partial charge in [0.15, 0.2) is 0 Å². The Hall–Kier alpha value is -1.28. The molecule has 7 heteroatoms. The second kappa shape index (κ2) is 7.13. The van der Waals surface area contributed by atoms with E-state index in [9.17, 15) is 10.0 Å². The molecule has 1 unspecified atom stereocenters. The third-order valence-corrected chi connectivity index (χ3v) is 3.85. The number of carbonyl (C=O) groups excluding carboxylic acids is 1. The second-order valence-corrected chi connectivity index (χ2v) is 5.97. The number of hydrazine groups is 1. The van der Waals surface area contributed by atoms with E-state index in [0.29, 0.717) is 5.69 Å². The molecule has 1 saturated heterocycles. The van der Waals surface area contributed by atoms with Gasteiger partial charge in [0, 0.05) is 29.4 Å². The molecule has 2 amide bonds. The fraction of sp³-hybridized carbons (Fsp3) is 0.500. The van der Waals surface area contributed by atoms with Crippen molar-refractivity contribution in [1.82, 2.24) is 20.0 Å². The number of urea groups is 1. The molecule has 21 heavy (non-hydrogen) atoms. The Morgan fingerprint density at radius 3 is 2.33 bits per heavy atom. The highest BCUT2D eigenvalue weighted by atomic mass is 32.1. The van der Waals surface area contributed by atoms with E-state index >= 15 is 0 Å². The van der Waals surface area contributed by atoms with E-state index in [0.717, 1.165) is 31.5 Å². The fourth-order valence-corrected chi connectivity index (χ4v) is 2.53. The van der Waals surface area contributed by atoms with Gasteiger partial charge >= 0.3 is 6.03 Å². The summed E-state index contributed by atoms with van der Waals surface area (Å²) in [6.07, 6.45) is 4.52. The van der Waals surface area contributed by atoms with Crippen LogP contribution in [0.1, 0.15) is 31.2 Å². The van der Waals surface area contributed by atoms with Gasteiger partial charge in [0.1, 0.15) is 12.8 Å². The third-order valence-electron chi connectivity index (χ3n) is 3.52. The van der Waals surface area contributed by atoms with E-state index in [-0.39, 0.29) is 0 Å². The van der Waals surface area contributed by atoms with Crippen LogP contribution in [0.5, 0.6) is 0 Å². The zero-order valence-corrected chi connectivity index (χ0v) is 13.1. The lowest BCUT2D eigenvalue weighted by atomic mass is 10.2. The molecular formula is C14H23N4O2S+. The van der Waals surface area contributed by atoms with Gasteiger partial charge in [-0.05, 0) is 19.8 Å². The van der Waals surface area contributed by atoms with Crippen LogP contribution in [-0.4, -0.2) is 29.3 Å². The van der Waals surface area contributed by atoms with E-state index in [2.05, 4.69) is 23.7 Å². The van der Waals surface area contributed by atoms with Crippen molar-refractivity contribution in [3.8, 4) is 0 Å². The van der Waals surface area contributed by atoms with Gasteiger partial charge in [-0.3, -0.25) is 5.43 Å². The van der Waals surface area contributed by atoms with Gasteiger partial charge in [-0.25, -0.2) is 9.80 Å². The first-order valence-corrected chi connectivity index (χ1v) is 7.63. The normalized spacial score (nSPS) is 19.4. The highest BCUT2D eigenvalue weighted by molar-refractivity contribution is 7.79. The standard InChI is InChI=1S/C14H22N4O2S/c1-12-6-8-13(9-7-12)18(20,21)16-14(19)15-17-10-4-2-3-5-11-17/h6-9,20-21H,2-5,10-11H2,1H3,(H-,15,16,19)/p+1. The predicted molar refractivity (Wildman–Crippen MR) is 85.5 cm³/mol. The van der Waals surface area contributed by atoms with Crippen LogP contribution in [0.2, 0.25) is 0 Å². The Morgan fingerprint density at radius 2 is 1.76 bits per heavy atom. The molecule has 1 heterocycles. The zero-order chi connectivity index (χ0) is 15.3. The number of nitrogens with one attached hydrogen (secondary N) is 2. The van der Waals surface area contributed by atoms with Crippen LogP contribution in [-0.2, 0) is 0 Å². The highest BCUT2D eigenvalue weighted by Gasteiger charge is 2.29. The molecule has 0 saturated carbocycles. The quantitative estimate of drug-likeness (QED) is 0.394. The molecule has 0 radical (unpaired) electrons. The molecule has 1 atom stereocenters. The number of benzene rings is 1. The number of amides is 2. The van der Waals surface area contributed by atoms with E-state index in [4.69, 9.17) is 0 Å². The number of rotatable bonds is 3. The number of hydrogen-bond donors (Lipinski definition) is 4. The summed E-state index contributed by atoms with van der Waals surface area (Å²) in [5, 5.41) is 12.1. The molecule has 3 N–H and O–H groups in total. The Kier molecular flexibility index (Phi) is 5.46. The van der Waals surface area contributed by atoms with E-state index in [1.54, 1.807) is 12.1 Å². The second-order valence-electron chi connectivity index (χ2n) is 5.39. The molecule has 0 aliphatic carbocycles. The molecule has 0 bridgehead atoms. The summed E-state index contributed by atoms with van der Waals surface area (Å²) in [6, 6.07) is 6.66. The Morgan fingerprint density at radius 1 is 1.19 bits per heavy atom. The van der Waals surface area contributed by atoms with Crippen LogP contribution in [0.15, 0.2) is 24.3 Å². The highest BCUT2D eigenvalue weighted by Crippen LogP contribution is 2.21. The van der Waals surface area contributed by atoms with Gasteiger partial charge in [-0.2, -0.15) is 5.21 Å². The maximum absolute atomic E-state index is 12.0. The molecule has 1 aliphatic rings. The maximum Gasteiger partial charge on any atom is 0.377 e. The maximum atomic E-state index is 12.0. The van der Waals surface area contributed by atoms with Gasteiger partial charge in [0.05, 0.1) is 0 Å². The summed E-state index contributed by atoms with van der Waals surface area (Å²) >= 11 is 4.09. The van der Waals surface area contributed by atoms with Crippen molar-refractivity contribution in [3.63, 3.8) is 0 Å². The van der Waals surface area contributed by atoms with Crippen LogP contribution in [0.4, 0.5) is 10.5 Å². The monoisotopic (exact) mass is 311 g/mol. The van der Waals surface area contributed by atoms with Crippen LogP contribution < -0.4 is 15.0 Å². The summed E-state index contributed by atoms with van der Waals surface area (Å²) in [5.74, 6) is 0. The summed E-state index contributed by atoms with van der Waals surface area (Å²) in [5.41, 5.74) is 6.72. The lowest BCUT2D eigenvalue weighted by molar-refractivity contribution is -0.0104. The Labute approximate surface area is 130 Å². The van der Waals surface area contributed by atoms with E-state index < -0.39 is 10.2 Å². The number of aryl methyl sites for hydroxylation is 1. The van der Waals surface area contributed by atoms with Gasteiger partial charge in [0.2, 0.25) is 5.69 Å². The lowest BCUT2D eigenvalue weighted by Crippen LogP contribution is -2.58. The molecular weight excluding hydrogens is 288 g/mol. The lowest BCUT2D eigenvalue weighted by Gasteiger charge is -2.25. The minimum Gasteiger partial charge on any atom is -0.267 e. The minimum atomic E-state index is -0.986. The molecule has 1 aromatic carbocycles. The van der Waals surface area contributed by atoms with Gasteiger partial charge in [-0.1, -0.05) is 30.5 Å². The number of thiol groups is 1. The van der Waals surface area contributed by atoms with Crippen molar-refractivity contribution in [2.75, 3.05) is 13.1 Å². The number of nitrogens with zero attached hydrogens (tertiary/aromatic N) is 2. The smallest absolute Gasteiger partial charge is 0.267 e. The predicted octanol–water partition coefficient (Wildman–Crippen LogP) is 2.54. The zero-order valence-electron chi connectivity index (χ0n) is 12.2. The number of hydrogen-bond acceptors (Lipinski definition) is 4. The summed E-state index contributed by atoms with van der Waals surface area (Å²) < 4.78 is -0.986. The third kappa shape index (κ3) is 4.89. The molecule has 0 aromatic heterocycles. The first-order chi connectivity index (χ1) is 9.97. The van der Waals surface area contributed by atoms with Crippen molar-refractivity contribution in [1.29, 1.82) is 0 Å². The summed E-state index contributed by atoms with van der Waals surface area (Å²) in [6.45, 7) is 3.61. The average molecular weight is 311 g/mol. The largest absolute Gasteiger partial charge is 0.377 e. The van der Waals surface area contributed by atoms with Gasteiger partial charge in [0.25, 0.3) is 0 Å². The van der Waals surface area contributed by atoms with Crippen LogP contribution in [0.3, 0.4) is 0 Å². The average Bonchev–Trinajstić information content (AvgIpc) is 2.67. The topological polar surface area (TPSA) is 64.6 Å². The molecule has 1 aromatic rings. The summed E-state index contributed by atoms with van der Waals surface area (Å²) in [4.78, 5) is 12.0. The van der Waals surface area contributed by atoms with Crippen molar-refractivity contribution < 1.29 is 10.0 Å². The molecule has 0 spiro atoms. The minimum absolute atomic E-state index is 0.468. The van der Waals surface area contributed by atoms with Crippen molar-refractivity contribution >= 4 is 24.5 Å². The molecule has 1 aliphatic heterocycles. The van der Waals surface area contributed by atoms with Crippen molar-refractivity contribution in [3.05, 3.63) is 29.8 Å². The van der Waals surface area contributed by atoms with Gasteiger partial charge in [-0.15, -0.1) is 5.43 Å². The number of quaternary nitrogens is 1. The van der Waals surface area contributed by atoms with Crippen LogP contribution in [0.25, 0.3) is 0 Å². The first-order valence-electron chi connectivity index (χ1n) is 7.23. The van der Waals surface area contributed by atoms with Crippen LogP contribution >= 0.6 is 12.8 Å². The van der Waals surface area contributed by atoms with E-state index in [1.165, 1.54) is 12.8 Å². The van der Waals surface area contributed by atoms with Crippen LogP contribution in [0, 0.1) is 6.92 Å². The van der Waals surface area contributed by atoms with Crippen molar-refractivity contribution in [2.45, 2.75) is 32.6 Å². The summed E-state index contributed by atoms with van der Waals surface area (Å²) in [7, 11) is 0. The van der Waals surface area contributed by atoms with E-state index in [1.807, 2.05) is 24.1 Å². The SMILES string of the molecule is Cc1ccc([N+](O)(S)NC(=O)NN2CCCCCC2)cc1. The van der Waals surface area contributed by atoms with Crippen molar-refractivity contribution in [2.24, 2.45) is 0 Å². The fourth-order valence-electron chi connectivity index (χ4n) is 2.31. The number of carbonyl (C=O) groups is 1. The molecule has 116 valence electrons.